The summed E-state index contributed by atoms with van der Waals surface area (Å²) in [5.74, 6) is -1.83. The number of amides is 1. The molecule has 0 aliphatic heterocycles. The number of nitrogens with zero attached hydrogens (tertiary/aromatic N) is 1. The first kappa shape index (κ1) is 20.7. The molecule has 1 aliphatic carbocycles. The maximum Gasteiger partial charge on any atom is 0.249 e. The monoisotopic (exact) mass is 412 g/mol. The zero-order valence-corrected chi connectivity index (χ0v) is 17.1. The highest BCUT2D eigenvalue weighted by Crippen LogP contribution is 2.51. The number of para-hydroxylation sites is 1. The quantitative estimate of drug-likeness (QED) is 0.691. The van der Waals surface area contributed by atoms with Gasteiger partial charge >= 0.3 is 0 Å². The minimum Gasteiger partial charge on any atom is -0.496 e. The Hall–Kier alpha value is -3.04. The van der Waals surface area contributed by atoms with Crippen LogP contribution in [0.3, 0.4) is 0 Å². The van der Waals surface area contributed by atoms with Crippen LogP contribution in [0.15, 0.2) is 36.4 Å². The first-order chi connectivity index (χ1) is 13.9. The molecule has 0 bridgehead atoms. The molecule has 1 fully saturated rings. The van der Waals surface area contributed by atoms with E-state index in [0.717, 1.165) is 11.1 Å². The van der Waals surface area contributed by atoms with Gasteiger partial charge in [-0.15, -0.1) is 0 Å². The molecule has 1 saturated carbocycles. The number of ether oxygens (including phenoxy) is 2. The van der Waals surface area contributed by atoms with Crippen LogP contribution in [0.25, 0.3) is 0 Å². The molecular formula is C22H21ClN2O4. The average Bonchev–Trinajstić information content (AvgIpc) is 3.51. The standard InChI is InChI=1S/C22H21ClN2O4/c1-12-8-18(20(29-3)10-17(12)23)25-22(27)16(11-24)21(26)15-9-14(15)13-6-4-5-7-19(13)28-2/h4-8,10,14-16H,9H2,1-3H3,(H,25,27). The molecule has 29 heavy (non-hydrogen) atoms. The molecule has 3 unspecified atom stereocenters. The highest BCUT2D eigenvalue weighted by Gasteiger charge is 2.49. The van der Waals surface area contributed by atoms with Gasteiger partial charge in [-0.1, -0.05) is 29.8 Å². The lowest BCUT2D eigenvalue weighted by Gasteiger charge is -2.14. The van der Waals surface area contributed by atoms with Gasteiger partial charge in [0, 0.05) is 17.0 Å². The molecule has 6 nitrogen and oxygen atoms in total. The molecule has 0 aromatic heterocycles. The SMILES string of the molecule is COc1cc(Cl)c(C)cc1NC(=O)C(C#N)C(=O)C1CC1c1ccccc1OC. The van der Waals surface area contributed by atoms with Gasteiger partial charge in [-0.2, -0.15) is 5.26 Å². The number of nitriles is 1. The number of carbonyl (C=O) groups excluding carboxylic acids is 2. The summed E-state index contributed by atoms with van der Waals surface area (Å²) in [5.41, 5.74) is 2.02. The van der Waals surface area contributed by atoms with E-state index in [4.69, 9.17) is 21.1 Å². The predicted octanol–water partition coefficient (Wildman–Crippen LogP) is 4.12. The molecule has 7 heteroatoms. The smallest absolute Gasteiger partial charge is 0.249 e. The summed E-state index contributed by atoms with van der Waals surface area (Å²) in [6, 6.07) is 12.5. The molecular weight excluding hydrogens is 392 g/mol. The molecule has 0 spiro atoms. The number of methoxy groups -OCH3 is 2. The molecule has 3 rings (SSSR count). The van der Waals surface area contributed by atoms with Crippen LogP contribution in [0.1, 0.15) is 23.5 Å². The summed E-state index contributed by atoms with van der Waals surface area (Å²) in [5, 5.41) is 12.6. The Bertz CT molecular complexity index is 999. The van der Waals surface area contributed by atoms with E-state index in [2.05, 4.69) is 5.32 Å². The van der Waals surface area contributed by atoms with Gasteiger partial charge in [-0.25, -0.2) is 0 Å². The van der Waals surface area contributed by atoms with Gasteiger partial charge < -0.3 is 14.8 Å². The molecule has 0 heterocycles. The van der Waals surface area contributed by atoms with Crippen molar-refractivity contribution in [3.63, 3.8) is 0 Å². The van der Waals surface area contributed by atoms with Crippen LogP contribution in [0, 0.1) is 30.1 Å². The Morgan fingerprint density at radius 1 is 1.21 bits per heavy atom. The van der Waals surface area contributed by atoms with Crippen LogP contribution in [-0.4, -0.2) is 25.9 Å². The number of Topliss-reactive ketones (excluding diaryl/α,β-unsaturated/α-hetero) is 1. The number of halogens is 1. The Balaban J connectivity index is 1.75. The molecule has 150 valence electrons. The van der Waals surface area contributed by atoms with Crippen molar-refractivity contribution in [1.82, 2.24) is 0 Å². The zero-order valence-electron chi connectivity index (χ0n) is 16.4. The van der Waals surface area contributed by atoms with E-state index in [0.29, 0.717) is 28.6 Å². The lowest BCUT2D eigenvalue weighted by Crippen LogP contribution is -2.30. The number of hydrogen-bond donors (Lipinski definition) is 1. The summed E-state index contributed by atoms with van der Waals surface area (Å²) < 4.78 is 10.6. The second-order valence-corrected chi connectivity index (χ2v) is 7.35. The van der Waals surface area contributed by atoms with Gasteiger partial charge in [0.15, 0.2) is 11.7 Å². The summed E-state index contributed by atoms with van der Waals surface area (Å²) in [4.78, 5) is 25.5. The first-order valence-electron chi connectivity index (χ1n) is 9.12. The number of hydrogen-bond acceptors (Lipinski definition) is 5. The van der Waals surface area contributed by atoms with Crippen LogP contribution >= 0.6 is 11.6 Å². The second kappa shape index (κ2) is 8.54. The number of aryl methyl sites for hydroxylation is 1. The molecule has 1 amide bonds. The lowest BCUT2D eigenvalue weighted by molar-refractivity contribution is -0.129. The predicted molar refractivity (Wildman–Crippen MR) is 109 cm³/mol. The molecule has 2 aromatic rings. The van der Waals surface area contributed by atoms with Gasteiger partial charge in [0.2, 0.25) is 5.91 Å². The van der Waals surface area contributed by atoms with E-state index in [9.17, 15) is 14.9 Å². The molecule has 2 aromatic carbocycles. The van der Waals surface area contributed by atoms with Gasteiger partial charge in [0.05, 0.1) is 26.0 Å². The van der Waals surface area contributed by atoms with E-state index >= 15 is 0 Å². The van der Waals surface area contributed by atoms with Gasteiger partial charge in [0.1, 0.15) is 11.5 Å². The van der Waals surface area contributed by atoms with Crippen molar-refractivity contribution in [2.75, 3.05) is 19.5 Å². The lowest BCUT2D eigenvalue weighted by atomic mass is 9.97. The molecule has 0 radical (unpaired) electrons. The number of carbonyl (C=O) groups is 2. The summed E-state index contributed by atoms with van der Waals surface area (Å²) in [7, 11) is 3.02. The Morgan fingerprint density at radius 2 is 1.90 bits per heavy atom. The summed E-state index contributed by atoms with van der Waals surface area (Å²) in [6.07, 6.45) is 0.591. The van der Waals surface area contributed by atoms with Crippen molar-refractivity contribution in [3.8, 4) is 17.6 Å². The zero-order chi connectivity index (χ0) is 21.1. The van der Waals surface area contributed by atoms with Crippen molar-refractivity contribution in [1.29, 1.82) is 5.26 Å². The van der Waals surface area contributed by atoms with Gasteiger partial charge in [-0.05, 0) is 42.5 Å². The topological polar surface area (TPSA) is 88.4 Å². The Labute approximate surface area is 174 Å². The van der Waals surface area contributed by atoms with E-state index < -0.39 is 11.8 Å². The van der Waals surface area contributed by atoms with Gasteiger partial charge in [0.25, 0.3) is 0 Å². The molecule has 1 aliphatic rings. The van der Waals surface area contributed by atoms with Crippen molar-refractivity contribution < 1.29 is 19.1 Å². The summed E-state index contributed by atoms with van der Waals surface area (Å²) >= 11 is 6.08. The summed E-state index contributed by atoms with van der Waals surface area (Å²) in [6.45, 7) is 1.78. The number of rotatable bonds is 7. The third-order valence-corrected chi connectivity index (χ3v) is 5.52. The van der Waals surface area contributed by atoms with Crippen LogP contribution in [0.2, 0.25) is 5.02 Å². The van der Waals surface area contributed by atoms with Crippen LogP contribution in [-0.2, 0) is 9.59 Å². The van der Waals surface area contributed by atoms with E-state index in [1.54, 1.807) is 26.2 Å². The number of ketones is 1. The fraction of sp³-hybridized carbons (Fsp3) is 0.318. The largest absolute Gasteiger partial charge is 0.496 e. The number of nitrogens with one attached hydrogen (secondary N) is 1. The first-order valence-corrected chi connectivity index (χ1v) is 9.50. The maximum absolute atomic E-state index is 12.9. The van der Waals surface area contributed by atoms with E-state index in [1.165, 1.54) is 7.11 Å². The van der Waals surface area contributed by atoms with Crippen molar-refractivity contribution >= 4 is 29.0 Å². The normalized spacial score (nSPS) is 18.3. The third-order valence-electron chi connectivity index (χ3n) is 5.11. The Morgan fingerprint density at radius 3 is 2.55 bits per heavy atom. The second-order valence-electron chi connectivity index (χ2n) is 6.95. The van der Waals surface area contributed by atoms with Crippen molar-refractivity contribution in [2.45, 2.75) is 19.3 Å². The fourth-order valence-electron chi connectivity index (χ4n) is 3.43. The van der Waals surface area contributed by atoms with Crippen LogP contribution in [0.5, 0.6) is 11.5 Å². The highest BCUT2D eigenvalue weighted by atomic mass is 35.5. The molecule has 0 saturated heterocycles. The van der Waals surface area contributed by atoms with Gasteiger partial charge in [-0.3, -0.25) is 9.59 Å². The molecule has 3 atom stereocenters. The number of anilines is 1. The third kappa shape index (κ3) is 4.20. The van der Waals surface area contributed by atoms with Crippen molar-refractivity contribution in [2.24, 2.45) is 11.8 Å². The Kier molecular flexibility index (Phi) is 6.09. The average molecular weight is 413 g/mol. The minimum atomic E-state index is -1.40. The van der Waals surface area contributed by atoms with Crippen LogP contribution in [0.4, 0.5) is 5.69 Å². The van der Waals surface area contributed by atoms with Crippen LogP contribution < -0.4 is 14.8 Å². The molecule has 1 N–H and O–H groups in total. The fourth-order valence-corrected chi connectivity index (χ4v) is 3.58. The maximum atomic E-state index is 12.9. The number of benzene rings is 2. The van der Waals surface area contributed by atoms with Crippen molar-refractivity contribution in [3.05, 3.63) is 52.5 Å². The highest BCUT2D eigenvalue weighted by molar-refractivity contribution is 6.31. The minimum absolute atomic E-state index is 0.0467. The van der Waals surface area contributed by atoms with E-state index in [1.807, 2.05) is 30.3 Å². The van der Waals surface area contributed by atoms with E-state index in [-0.39, 0.29) is 17.6 Å².